The average molecular weight is 383 g/mol. The molecule has 6 heteroatoms. The first kappa shape index (κ1) is 13.5. The Morgan fingerprint density at radius 2 is 1.82 bits per heavy atom. The fraction of sp³-hybridized carbons (Fsp3) is 0.455. The molecule has 1 aromatic carbocycles. The molecule has 0 aliphatic heterocycles. The molecule has 3 nitrogen and oxygen atoms in total. The zero-order valence-corrected chi connectivity index (χ0v) is 13.1. The van der Waals surface area contributed by atoms with Gasteiger partial charge in [0.2, 0.25) is 10.0 Å². The number of rotatable bonds is 3. The van der Waals surface area contributed by atoms with Crippen molar-refractivity contribution in [3.63, 3.8) is 0 Å². The van der Waals surface area contributed by atoms with Crippen LogP contribution in [-0.4, -0.2) is 19.3 Å². The van der Waals surface area contributed by atoms with Crippen LogP contribution >= 0.6 is 31.9 Å². The molecule has 2 unspecified atom stereocenters. The molecule has 2 rings (SSSR count). The summed E-state index contributed by atoms with van der Waals surface area (Å²) in [5.74, 6) is 0. The molecule has 1 fully saturated rings. The predicted octanol–water partition coefficient (Wildman–Crippen LogP) is 3.04. The monoisotopic (exact) mass is 381 g/mol. The minimum atomic E-state index is -3.39. The van der Waals surface area contributed by atoms with Crippen LogP contribution in [0.15, 0.2) is 33.6 Å². The molecule has 0 bridgehead atoms. The van der Waals surface area contributed by atoms with Crippen molar-refractivity contribution in [2.75, 3.05) is 0 Å². The van der Waals surface area contributed by atoms with Crippen molar-refractivity contribution in [3.05, 3.63) is 28.7 Å². The highest BCUT2D eigenvalue weighted by molar-refractivity contribution is 9.10. The van der Waals surface area contributed by atoms with E-state index >= 15 is 0 Å². The second-order valence-electron chi connectivity index (χ2n) is 4.13. The van der Waals surface area contributed by atoms with E-state index in [0.29, 0.717) is 4.90 Å². The smallest absolute Gasteiger partial charge is 0.207 e. The predicted molar refractivity (Wildman–Crippen MR) is 74.8 cm³/mol. The van der Waals surface area contributed by atoms with Crippen LogP contribution in [0.4, 0.5) is 0 Å². The first-order valence-corrected chi connectivity index (χ1v) is 8.60. The van der Waals surface area contributed by atoms with Gasteiger partial charge in [-0.05, 0) is 37.1 Å². The summed E-state index contributed by atoms with van der Waals surface area (Å²) in [6.45, 7) is 0. The first-order chi connectivity index (χ1) is 7.99. The van der Waals surface area contributed by atoms with Gasteiger partial charge < -0.3 is 0 Å². The van der Waals surface area contributed by atoms with E-state index in [0.717, 1.165) is 23.7 Å². The van der Waals surface area contributed by atoms with Crippen LogP contribution in [0.1, 0.15) is 19.3 Å². The Bertz CT molecular complexity index is 487. The summed E-state index contributed by atoms with van der Waals surface area (Å²) in [4.78, 5) is 0.556. The standard InChI is InChI=1S/C11H13Br2NO2S/c12-8-4-6-9(7-5-8)17(15,16)14-11-3-1-2-10(11)13/h4-7,10-11,14H,1-3H2. The molecule has 0 heterocycles. The number of sulfonamides is 1. The molecule has 0 spiro atoms. The Morgan fingerprint density at radius 3 is 2.35 bits per heavy atom. The van der Waals surface area contributed by atoms with E-state index in [2.05, 4.69) is 36.6 Å². The fourth-order valence-electron chi connectivity index (χ4n) is 1.93. The van der Waals surface area contributed by atoms with E-state index in [1.54, 1.807) is 24.3 Å². The van der Waals surface area contributed by atoms with Crippen LogP contribution in [0.5, 0.6) is 0 Å². The van der Waals surface area contributed by atoms with Crippen LogP contribution in [-0.2, 0) is 10.0 Å². The third-order valence-corrected chi connectivity index (χ3v) is 5.99. The van der Waals surface area contributed by atoms with Gasteiger partial charge in [0.1, 0.15) is 0 Å². The van der Waals surface area contributed by atoms with E-state index in [-0.39, 0.29) is 10.9 Å². The maximum Gasteiger partial charge on any atom is 0.240 e. The molecule has 0 saturated heterocycles. The quantitative estimate of drug-likeness (QED) is 0.816. The molecule has 0 radical (unpaired) electrons. The van der Waals surface area contributed by atoms with Crippen LogP contribution in [0.3, 0.4) is 0 Å². The lowest BCUT2D eigenvalue weighted by atomic mass is 10.3. The molecule has 1 saturated carbocycles. The maximum absolute atomic E-state index is 12.1. The first-order valence-electron chi connectivity index (χ1n) is 5.41. The molecule has 17 heavy (non-hydrogen) atoms. The molecule has 94 valence electrons. The second-order valence-corrected chi connectivity index (χ2v) is 7.93. The Kier molecular flexibility index (Phi) is 4.28. The van der Waals surface area contributed by atoms with Gasteiger partial charge in [-0.3, -0.25) is 0 Å². The lowest BCUT2D eigenvalue weighted by Gasteiger charge is -2.16. The summed E-state index contributed by atoms with van der Waals surface area (Å²) in [6, 6.07) is 6.67. The summed E-state index contributed by atoms with van der Waals surface area (Å²) < 4.78 is 27.8. The van der Waals surface area contributed by atoms with Gasteiger partial charge >= 0.3 is 0 Å². The van der Waals surface area contributed by atoms with Crippen LogP contribution in [0, 0.1) is 0 Å². The van der Waals surface area contributed by atoms with Gasteiger partial charge in [0.25, 0.3) is 0 Å². The van der Waals surface area contributed by atoms with Crippen molar-refractivity contribution in [2.45, 2.75) is 35.0 Å². The lowest BCUT2D eigenvalue weighted by molar-refractivity contribution is 0.556. The SMILES string of the molecule is O=S(=O)(NC1CCCC1Br)c1ccc(Br)cc1. The zero-order chi connectivity index (χ0) is 12.5. The third kappa shape index (κ3) is 3.30. The number of benzene rings is 1. The molecule has 1 aliphatic rings. The Balaban J connectivity index is 2.16. The second kappa shape index (κ2) is 5.38. The molecular weight excluding hydrogens is 370 g/mol. The molecule has 0 aromatic heterocycles. The summed E-state index contributed by atoms with van der Waals surface area (Å²) in [6.07, 6.45) is 2.97. The van der Waals surface area contributed by atoms with Crippen LogP contribution in [0.2, 0.25) is 0 Å². The normalized spacial score (nSPS) is 25.1. The number of hydrogen-bond acceptors (Lipinski definition) is 2. The van der Waals surface area contributed by atoms with E-state index in [1.165, 1.54) is 0 Å². The fourth-order valence-corrected chi connectivity index (χ4v) is 4.40. The third-order valence-electron chi connectivity index (χ3n) is 2.86. The maximum atomic E-state index is 12.1. The minimum Gasteiger partial charge on any atom is -0.207 e. The zero-order valence-electron chi connectivity index (χ0n) is 9.07. The summed E-state index contributed by atoms with van der Waals surface area (Å²) in [5, 5.41) is 0. The van der Waals surface area contributed by atoms with E-state index in [1.807, 2.05) is 0 Å². The average Bonchev–Trinajstić information content (AvgIpc) is 2.64. The van der Waals surface area contributed by atoms with Gasteiger partial charge in [0.05, 0.1) is 4.90 Å². The molecule has 1 N–H and O–H groups in total. The van der Waals surface area contributed by atoms with Crippen molar-refractivity contribution in [2.24, 2.45) is 0 Å². The number of alkyl halides is 1. The van der Waals surface area contributed by atoms with Gasteiger partial charge in [-0.25, -0.2) is 13.1 Å². The Morgan fingerprint density at radius 1 is 1.18 bits per heavy atom. The van der Waals surface area contributed by atoms with Gasteiger partial charge in [-0.2, -0.15) is 0 Å². The Labute approximate surface area is 118 Å². The van der Waals surface area contributed by atoms with Gasteiger partial charge in [-0.15, -0.1) is 0 Å². The van der Waals surface area contributed by atoms with Crippen molar-refractivity contribution >= 4 is 41.9 Å². The van der Waals surface area contributed by atoms with E-state index in [4.69, 9.17) is 0 Å². The number of nitrogens with one attached hydrogen (secondary N) is 1. The molecule has 2 atom stereocenters. The largest absolute Gasteiger partial charge is 0.240 e. The Hall–Kier alpha value is 0.0900. The number of hydrogen-bond donors (Lipinski definition) is 1. The molecule has 1 aromatic rings. The van der Waals surface area contributed by atoms with Gasteiger partial charge in [0.15, 0.2) is 0 Å². The lowest BCUT2D eigenvalue weighted by Crippen LogP contribution is -2.37. The highest BCUT2D eigenvalue weighted by atomic mass is 79.9. The highest BCUT2D eigenvalue weighted by Crippen LogP contribution is 2.27. The van der Waals surface area contributed by atoms with Crippen molar-refractivity contribution in [1.82, 2.24) is 4.72 Å². The van der Waals surface area contributed by atoms with Crippen LogP contribution < -0.4 is 4.72 Å². The summed E-state index contributed by atoms with van der Waals surface area (Å²) >= 11 is 6.79. The van der Waals surface area contributed by atoms with Crippen molar-refractivity contribution < 1.29 is 8.42 Å². The van der Waals surface area contributed by atoms with Gasteiger partial charge in [0, 0.05) is 15.3 Å². The molecular formula is C11H13Br2NO2S. The topological polar surface area (TPSA) is 46.2 Å². The van der Waals surface area contributed by atoms with Crippen molar-refractivity contribution in [1.29, 1.82) is 0 Å². The van der Waals surface area contributed by atoms with Gasteiger partial charge in [-0.1, -0.05) is 38.3 Å². The summed E-state index contributed by atoms with van der Waals surface area (Å²) in [5.41, 5.74) is 0. The van der Waals surface area contributed by atoms with Crippen LogP contribution in [0.25, 0.3) is 0 Å². The molecule has 1 aliphatic carbocycles. The van der Waals surface area contributed by atoms with E-state index < -0.39 is 10.0 Å². The minimum absolute atomic E-state index is 0.00338. The van der Waals surface area contributed by atoms with E-state index in [9.17, 15) is 8.42 Å². The number of halogens is 2. The molecule has 0 amide bonds. The summed E-state index contributed by atoms with van der Waals surface area (Å²) in [7, 11) is -3.39. The van der Waals surface area contributed by atoms with Crippen molar-refractivity contribution in [3.8, 4) is 0 Å². The highest BCUT2D eigenvalue weighted by Gasteiger charge is 2.29.